The molecule has 0 aliphatic carbocycles. The number of ether oxygens (including phenoxy) is 1. The van der Waals surface area contributed by atoms with Gasteiger partial charge in [0.15, 0.2) is 0 Å². The largest absolute Gasteiger partial charge is 0.455 e. The number of hydrogen-bond acceptors (Lipinski definition) is 2. The summed E-state index contributed by atoms with van der Waals surface area (Å²) in [6.45, 7) is 9.76. The number of aryl methyl sites for hydroxylation is 1. The Morgan fingerprint density at radius 1 is 1.31 bits per heavy atom. The van der Waals surface area contributed by atoms with E-state index in [1.807, 2.05) is 27.0 Å². The van der Waals surface area contributed by atoms with Gasteiger partial charge in [-0.2, -0.15) is 0 Å². The highest BCUT2D eigenvalue weighted by atomic mass is 16.6. The smallest absolute Gasteiger partial charge is 0.355 e. The lowest BCUT2D eigenvalue weighted by molar-refractivity contribution is 0.00624. The first-order valence-electron chi connectivity index (χ1n) is 5.81. The fourth-order valence-corrected chi connectivity index (χ4v) is 1.72. The number of carbonyl (C=O) groups excluding carboxylic acids is 1. The van der Waals surface area contributed by atoms with E-state index in [1.165, 1.54) is 5.56 Å². The average molecular weight is 223 g/mol. The Morgan fingerprint density at radius 2 is 1.94 bits per heavy atom. The van der Waals surface area contributed by atoms with Crippen LogP contribution in [0.4, 0.5) is 0 Å². The van der Waals surface area contributed by atoms with Gasteiger partial charge in [0.2, 0.25) is 0 Å². The van der Waals surface area contributed by atoms with E-state index in [2.05, 4.69) is 18.8 Å². The van der Waals surface area contributed by atoms with Crippen molar-refractivity contribution in [2.24, 2.45) is 0 Å². The molecule has 0 aliphatic rings. The van der Waals surface area contributed by atoms with E-state index in [0.717, 1.165) is 18.4 Å². The monoisotopic (exact) mass is 223 g/mol. The first-order valence-corrected chi connectivity index (χ1v) is 5.81. The van der Waals surface area contributed by atoms with E-state index in [4.69, 9.17) is 4.74 Å². The van der Waals surface area contributed by atoms with Crippen molar-refractivity contribution in [3.63, 3.8) is 0 Å². The summed E-state index contributed by atoms with van der Waals surface area (Å²) in [5.41, 5.74) is 2.44. The zero-order valence-corrected chi connectivity index (χ0v) is 10.8. The summed E-state index contributed by atoms with van der Waals surface area (Å²) in [5.74, 6) is -0.260. The molecule has 16 heavy (non-hydrogen) atoms. The third-order valence-corrected chi connectivity index (χ3v) is 2.42. The van der Waals surface area contributed by atoms with Crippen molar-refractivity contribution in [1.82, 2.24) is 4.98 Å². The van der Waals surface area contributed by atoms with Gasteiger partial charge >= 0.3 is 5.97 Å². The normalized spacial score (nSPS) is 11.6. The number of carbonyl (C=O) groups is 1. The number of rotatable bonds is 3. The van der Waals surface area contributed by atoms with Crippen molar-refractivity contribution in [2.75, 3.05) is 0 Å². The lowest BCUT2D eigenvalue weighted by Gasteiger charge is -2.19. The first-order chi connectivity index (χ1) is 7.39. The highest BCUT2D eigenvalue weighted by molar-refractivity contribution is 5.89. The Labute approximate surface area is 97.2 Å². The van der Waals surface area contributed by atoms with Crippen LogP contribution in [0, 0.1) is 0 Å². The van der Waals surface area contributed by atoms with Crippen LogP contribution in [-0.2, 0) is 17.6 Å². The Balaban J connectivity index is 2.96. The molecule has 1 rings (SSSR count). The van der Waals surface area contributed by atoms with Gasteiger partial charge in [0.05, 0.1) is 0 Å². The molecule has 0 atom stereocenters. The molecular weight excluding hydrogens is 202 g/mol. The van der Waals surface area contributed by atoms with Gasteiger partial charge in [-0.25, -0.2) is 4.79 Å². The van der Waals surface area contributed by atoms with E-state index in [1.54, 1.807) is 0 Å². The maximum Gasteiger partial charge on any atom is 0.355 e. The van der Waals surface area contributed by atoms with Crippen LogP contribution in [0.15, 0.2) is 6.20 Å². The molecule has 0 saturated heterocycles. The molecule has 1 N–H and O–H groups in total. The van der Waals surface area contributed by atoms with Gasteiger partial charge in [0.25, 0.3) is 0 Å². The van der Waals surface area contributed by atoms with Gasteiger partial charge in [-0.05, 0) is 44.7 Å². The van der Waals surface area contributed by atoms with E-state index < -0.39 is 5.60 Å². The van der Waals surface area contributed by atoms with Crippen molar-refractivity contribution in [3.8, 4) is 0 Å². The standard InChI is InChI=1S/C13H21NO2/c1-6-9-8-14-11(10(9)7-2)12(15)16-13(3,4)5/h8,14H,6-7H2,1-5H3. The van der Waals surface area contributed by atoms with Crippen molar-refractivity contribution < 1.29 is 9.53 Å². The topological polar surface area (TPSA) is 42.1 Å². The molecule has 90 valence electrons. The molecule has 0 unspecified atom stereocenters. The van der Waals surface area contributed by atoms with Crippen molar-refractivity contribution >= 4 is 5.97 Å². The second-order valence-electron chi connectivity index (χ2n) is 4.88. The molecule has 3 nitrogen and oxygen atoms in total. The summed E-state index contributed by atoms with van der Waals surface area (Å²) in [4.78, 5) is 14.9. The van der Waals surface area contributed by atoms with Crippen LogP contribution in [0.3, 0.4) is 0 Å². The molecule has 1 heterocycles. The number of hydrogen-bond donors (Lipinski definition) is 1. The quantitative estimate of drug-likeness (QED) is 0.800. The molecule has 0 saturated carbocycles. The molecule has 0 bridgehead atoms. The first kappa shape index (κ1) is 12.8. The van der Waals surface area contributed by atoms with Gasteiger partial charge < -0.3 is 9.72 Å². The van der Waals surface area contributed by atoms with Gasteiger partial charge in [0, 0.05) is 6.20 Å². The van der Waals surface area contributed by atoms with Gasteiger partial charge in [-0.15, -0.1) is 0 Å². The molecule has 1 aromatic rings. The summed E-state index contributed by atoms with van der Waals surface area (Å²) < 4.78 is 5.35. The van der Waals surface area contributed by atoms with Crippen LogP contribution in [0.1, 0.15) is 56.2 Å². The third-order valence-electron chi connectivity index (χ3n) is 2.42. The Morgan fingerprint density at radius 3 is 2.38 bits per heavy atom. The summed E-state index contributed by atoms with van der Waals surface area (Å²) in [5, 5.41) is 0. The summed E-state index contributed by atoms with van der Waals surface area (Å²) in [6, 6.07) is 0. The lowest BCUT2D eigenvalue weighted by Crippen LogP contribution is -2.24. The Bertz CT molecular complexity index is 372. The number of H-pyrrole nitrogens is 1. The molecule has 0 aromatic carbocycles. The van der Waals surface area contributed by atoms with Crippen LogP contribution >= 0.6 is 0 Å². The van der Waals surface area contributed by atoms with Gasteiger partial charge in [0.1, 0.15) is 11.3 Å². The molecule has 0 aliphatic heterocycles. The van der Waals surface area contributed by atoms with Crippen molar-refractivity contribution in [1.29, 1.82) is 0 Å². The molecular formula is C13H21NO2. The minimum Gasteiger partial charge on any atom is -0.455 e. The number of nitrogens with one attached hydrogen (secondary N) is 1. The van der Waals surface area contributed by atoms with Crippen LogP contribution in [0.25, 0.3) is 0 Å². The van der Waals surface area contributed by atoms with Crippen molar-refractivity contribution in [2.45, 2.75) is 53.1 Å². The molecule has 1 aromatic heterocycles. The van der Waals surface area contributed by atoms with Gasteiger partial charge in [-0.3, -0.25) is 0 Å². The number of esters is 1. The number of aromatic amines is 1. The fraction of sp³-hybridized carbons (Fsp3) is 0.615. The average Bonchev–Trinajstić information content (AvgIpc) is 2.57. The molecule has 0 fully saturated rings. The number of aromatic nitrogens is 1. The van der Waals surface area contributed by atoms with Crippen LogP contribution < -0.4 is 0 Å². The highest BCUT2D eigenvalue weighted by Gasteiger charge is 2.22. The summed E-state index contributed by atoms with van der Waals surface area (Å²) >= 11 is 0. The molecule has 0 amide bonds. The molecule has 0 radical (unpaired) electrons. The molecule has 0 spiro atoms. The Hall–Kier alpha value is -1.25. The van der Waals surface area contributed by atoms with Crippen LogP contribution in [0.5, 0.6) is 0 Å². The minimum atomic E-state index is -0.445. The summed E-state index contributed by atoms with van der Waals surface area (Å²) in [7, 11) is 0. The predicted octanol–water partition coefficient (Wildman–Crippen LogP) is 3.09. The second kappa shape index (κ2) is 4.73. The maximum atomic E-state index is 11.9. The van der Waals surface area contributed by atoms with E-state index >= 15 is 0 Å². The second-order valence-corrected chi connectivity index (χ2v) is 4.88. The zero-order valence-electron chi connectivity index (χ0n) is 10.8. The van der Waals surface area contributed by atoms with Crippen molar-refractivity contribution in [3.05, 3.63) is 23.0 Å². The predicted molar refractivity (Wildman–Crippen MR) is 64.7 cm³/mol. The van der Waals surface area contributed by atoms with Crippen LogP contribution in [-0.4, -0.2) is 16.6 Å². The van der Waals surface area contributed by atoms with Crippen LogP contribution in [0.2, 0.25) is 0 Å². The Kier molecular flexibility index (Phi) is 3.79. The maximum absolute atomic E-state index is 11.9. The summed E-state index contributed by atoms with van der Waals surface area (Å²) in [6.07, 6.45) is 3.68. The van der Waals surface area contributed by atoms with E-state index in [0.29, 0.717) is 5.69 Å². The SMILES string of the molecule is CCc1c[nH]c(C(=O)OC(C)(C)C)c1CC. The van der Waals surface area contributed by atoms with Gasteiger partial charge in [-0.1, -0.05) is 13.8 Å². The zero-order chi connectivity index (χ0) is 12.3. The molecule has 3 heteroatoms. The lowest BCUT2D eigenvalue weighted by atomic mass is 10.1. The fourth-order valence-electron chi connectivity index (χ4n) is 1.72. The van der Waals surface area contributed by atoms with E-state index in [-0.39, 0.29) is 5.97 Å². The van der Waals surface area contributed by atoms with E-state index in [9.17, 15) is 4.79 Å². The highest BCUT2D eigenvalue weighted by Crippen LogP contribution is 2.19. The minimum absolute atomic E-state index is 0.260. The third kappa shape index (κ3) is 2.87.